The highest BCUT2D eigenvalue weighted by Gasteiger charge is 2.34. The first-order valence-corrected chi connectivity index (χ1v) is 22.4. The first kappa shape index (κ1) is 36.4. The van der Waals surface area contributed by atoms with Gasteiger partial charge in [0.25, 0.3) is 0 Å². The summed E-state index contributed by atoms with van der Waals surface area (Å²) in [5, 5.41) is 21.6. The lowest BCUT2D eigenvalue weighted by Crippen LogP contribution is -2.16. The van der Waals surface area contributed by atoms with E-state index in [4.69, 9.17) is 0 Å². The highest BCUT2D eigenvalue weighted by Crippen LogP contribution is 2.51. The first-order chi connectivity index (χ1) is 32.8. The lowest BCUT2D eigenvalue weighted by atomic mass is 9.93. The summed E-state index contributed by atoms with van der Waals surface area (Å²) in [6, 6.07) is 83.2. The minimum Gasteiger partial charge on any atom is -0.306 e. The third kappa shape index (κ3) is 4.87. The molecule has 0 aliphatic heterocycles. The molecule has 14 aromatic rings. The normalized spacial score (nSPS) is 11.9. The molecule has 14 rings (SSSR count). The van der Waals surface area contributed by atoms with Gasteiger partial charge >= 0.3 is 0 Å². The number of aromatic nitrogens is 4. The van der Waals surface area contributed by atoms with Crippen LogP contribution >= 0.6 is 0 Å². The summed E-state index contributed by atoms with van der Waals surface area (Å²) >= 11 is 0. The van der Waals surface area contributed by atoms with Crippen molar-refractivity contribution in [3.05, 3.63) is 230 Å². The van der Waals surface area contributed by atoms with Crippen LogP contribution in [0.15, 0.2) is 224 Å². The highest BCUT2D eigenvalue weighted by molar-refractivity contribution is 6.17. The second-order valence-corrected chi connectivity index (χ2v) is 17.1. The van der Waals surface area contributed by atoms with Crippen LogP contribution in [-0.2, 0) is 0 Å². The van der Waals surface area contributed by atoms with Crippen molar-refractivity contribution in [2.45, 2.75) is 0 Å². The number of nitriles is 1. The molecule has 0 spiro atoms. The quantitative estimate of drug-likeness (QED) is 0.170. The predicted molar refractivity (Wildman–Crippen MR) is 274 cm³/mol. The maximum Gasteiger partial charge on any atom is 0.104 e. The second-order valence-electron chi connectivity index (χ2n) is 17.1. The van der Waals surface area contributed by atoms with Gasteiger partial charge in [-0.3, -0.25) is 0 Å². The van der Waals surface area contributed by atoms with E-state index in [-0.39, 0.29) is 0 Å². The van der Waals surface area contributed by atoms with Gasteiger partial charge in [-0.05, 0) is 54.1 Å². The van der Waals surface area contributed by atoms with Crippen molar-refractivity contribution in [2.24, 2.45) is 0 Å². The van der Waals surface area contributed by atoms with Crippen LogP contribution in [0.1, 0.15) is 5.56 Å². The Hall–Kier alpha value is -9.11. The average Bonchev–Trinajstić information content (AvgIpc) is 4.11. The molecule has 0 bridgehead atoms. The fraction of sp³-hybridized carbons (Fsp3) is 0. The number of hydrogen-bond donors (Lipinski definition) is 0. The third-order valence-corrected chi connectivity index (χ3v) is 13.8. The summed E-state index contributed by atoms with van der Waals surface area (Å²) in [5.41, 5.74) is 14.3. The lowest BCUT2D eigenvalue weighted by molar-refractivity contribution is 1.04. The molecular weight excluding hydrogens is 803 g/mol. The Bertz CT molecular complexity index is 3890. The SMILES string of the molecule is N#Cc1c(-n2c3ccccc3c3ccccc32)c(-n2c3ccccc3c3ccccc32)c(-c2ccccc2)c(-n2c3ccccc3c3ccccc32)c1-n1c2ccccc2c2ccccc21. The Labute approximate surface area is 379 Å². The van der Waals surface area contributed by atoms with Gasteiger partial charge in [0.2, 0.25) is 0 Å². The number of rotatable bonds is 5. The van der Waals surface area contributed by atoms with E-state index < -0.39 is 0 Å². The zero-order chi connectivity index (χ0) is 43.5. The summed E-state index contributed by atoms with van der Waals surface area (Å²) in [4.78, 5) is 0. The molecule has 0 saturated heterocycles. The van der Waals surface area contributed by atoms with Crippen LogP contribution in [-0.4, -0.2) is 18.3 Å². The molecule has 0 aliphatic carbocycles. The summed E-state index contributed by atoms with van der Waals surface area (Å²) in [5.74, 6) is 0. The van der Waals surface area contributed by atoms with Crippen LogP contribution < -0.4 is 0 Å². The number of para-hydroxylation sites is 8. The molecule has 0 fully saturated rings. The van der Waals surface area contributed by atoms with Crippen molar-refractivity contribution in [1.29, 1.82) is 5.26 Å². The lowest BCUT2D eigenvalue weighted by Gasteiger charge is -2.29. The van der Waals surface area contributed by atoms with Gasteiger partial charge in [-0.1, -0.05) is 176 Å². The van der Waals surface area contributed by atoms with Gasteiger partial charge in [-0.2, -0.15) is 5.26 Å². The van der Waals surface area contributed by atoms with Gasteiger partial charge in [-0.25, -0.2) is 0 Å². The molecular formula is C61H37N5. The Balaban J connectivity index is 1.37. The Morgan fingerprint density at radius 3 is 0.697 bits per heavy atom. The average molecular weight is 840 g/mol. The van der Waals surface area contributed by atoms with Crippen molar-refractivity contribution in [3.8, 4) is 39.9 Å². The topological polar surface area (TPSA) is 43.5 Å². The van der Waals surface area contributed by atoms with Crippen LogP contribution in [0, 0.1) is 11.3 Å². The molecule has 10 aromatic carbocycles. The van der Waals surface area contributed by atoms with Gasteiger partial charge in [0.1, 0.15) is 11.6 Å². The Kier molecular flexibility index (Phi) is 7.69. The molecule has 5 heteroatoms. The monoisotopic (exact) mass is 839 g/mol. The molecule has 0 unspecified atom stereocenters. The molecule has 0 N–H and O–H groups in total. The molecule has 5 nitrogen and oxygen atoms in total. The van der Waals surface area contributed by atoms with Crippen LogP contribution in [0.25, 0.3) is 121 Å². The number of benzene rings is 10. The zero-order valence-corrected chi connectivity index (χ0v) is 35.6. The van der Waals surface area contributed by atoms with Gasteiger partial charge in [0, 0.05) is 48.7 Å². The summed E-state index contributed by atoms with van der Waals surface area (Å²) in [6.45, 7) is 0. The minimum atomic E-state index is 0.557. The van der Waals surface area contributed by atoms with Crippen LogP contribution in [0.4, 0.5) is 0 Å². The van der Waals surface area contributed by atoms with Crippen molar-refractivity contribution in [3.63, 3.8) is 0 Å². The van der Waals surface area contributed by atoms with Crippen LogP contribution in [0.2, 0.25) is 0 Å². The fourth-order valence-corrected chi connectivity index (χ4v) is 11.2. The molecule has 0 atom stereocenters. The van der Waals surface area contributed by atoms with E-state index in [0.717, 1.165) is 121 Å². The molecule has 0 amide bonds. The predicted octanol–water partition coefficient (Wildman–Crippen LogP) is 15.6. The summed E-state index contributed by atoms with van der Waals surface area (Å²) in [7, 11) is 0. The second kappa shape index (κ2) is 13.9. The largest absolute Gasteiger partial charge is 0.306 e. The van der Waals surface area contributed by atoms with Gasteiger partial charge < -0.3 is 18.3 Å². The van der Waals surface area contributed by atoms with E-state index in [1.54, 1.807) is 0 Å². The Morgan fingerprint density at radius 1 is 0.242 bits per heavy atom. The van der Waals surface area contributed by atoms with Gasteiger partial charge in [0.05, 0.1) is 66.9 Å². The maximum absolute atomic E-state index is 12.5. The molecule has 66 heavy (non-hydrogen) atoms. The van der Waals surface area contributed by atoms with Crippen LogP contribution in [0.5, 0.6) is 0 Å². The molecule has 306 valence electrons. The van der Waals surface area contributed by atoms with Gasteiger partial charge in [0.15, 0.2) is 0 Å². The number of nitrogens with zero attached hydrogens (tertiary/aromatic N) is 5. The van der Waals surface area contributed by atoms with E-state index >= 15 is 0 Å². The maximum atomic E-state index is 12.5. The third-order valence-electron chi connectivity index (χ3n) is 13.8. The molecule has 4 heterocycles. The van der Waals surface area contributed by atoms with E-state index in [9.17, 15) is 5.26 Å². The summed E-state index contributed by atoms with van der Waals surface area (Å²) < 4.78 is 9.64. The first-order valence-electron chi connectivity index (χ1n) is 22.4. The minimum absolute atomic E-state index is 0.557. The van der Waals surface area contributed by atoms with Crippen molar-refractivity contribution < 1.29 is 0 Å². The molecule has 0 saturated carbocycles. The van der Waals surface area contributed by atoms with Crippen molar-refractivity contribution in [2.75, 3.05) is 0 Å². The summed E-state index contributed by atoms with van der Waals surface area (Å²) in [6.07, 6.45) is 0. The van der Waals surface area contributed by atoms with E-state index in [2.05, 4.69) is 249 Å². The molecule has 4 aromatic heterocycles. The van der Waals surface area contributed by atoms with Gasteiger partial charge in [-0.15, -0.1) is 0 Å². The van der Waals surface area contributed by atoms with Crippen LogP contribution in [0.3, 0.4) is 0 Å². The molecule has 0 aliphatic rings. The van der Waals surface area contributed by atoms with E-state index in [1.165, 1.54) is 0 Å². The van der Waals surface area contributed by atoms with E-state index in [1.807, 2.05) is 0 Å². The van der Waals surface area contributed by atoms with Crippen molar-refractivity contribution in [1.82, 2.24) is 18.3 Å². The zero-order valence-electron chi connectivity index (χ0n) is 35.6. The van der Waals surface area contributed by atoms with E-state index in [0.29, 0.717) is 5.56 Å². The smallest absolute Gasteiger partial charge is 0.104 e. The number of fused-ring (bicyclic) bond motifs is 12. The standard InChI is InChI=1S/C61H37N5/c62-38-48-58(63-49-30-12-4-22-40(49)41-23-5-13-31-50(41)63)60(65-53-34-16-8-26-44(53)45-27-9-17-35-54(45)65)57(39-20-2-1-3-21-39)61(66-55-36-18-10-28-46(55)47-29-11-19-37-56(47)66)59(48)64-51-32-14-6-24-42(51)43-25-7-15-33-52(43)64/h1-37H. The highest BCUT2D eigenvalue weighted by atomic mass is 15.1. The fourth-order valence-electron chi connectivity index (χ4n) is 11.2. The Morgan fingerprint density at radius 2 is 0.455 bits per heavy atom. The van der Waals surface area contributed by atoms with Crippen molar-refractivity contribution >= 4 is 87.2 Å². The number of hydrogen-bond acceptors (Lipinski definition) is 1. The molecule has 0 radical (unpaired) electrons.